The van der Waals surface area contributed by atoms with Crippen molar-refractivity contribution in [2.45, 2.75) is 50.7 Å². The maximum atomic E-state index is 11.6. The van der Waals surface area contributed by atoms with Crippen molar-refractivity contribution in [3.05, 3.63) is 0 Å². The summed E-state index contributed by atoms with van der Waals surface area (Å²) in [5.41, 5.74) is 0. The first-order valence-electron chi connectivity index (χ1n) is 6.26. The molecule has 1 amide bonds. The molecule has 2 saturated heterocycles. The summed E-state index contributed by atoms with van der Waals surface area (Å²) in [4.78, 5) is 11.6. The Morgan fingerprint density at radius 1 is 1.31 bits per heavy atom. The van der Waals surface area contributed by atoms with Crippen LogP contribution in [0.5, 0.6) is 0 Å². The second kappa shape index (κ2) is 5.87. The maximum Gasteiger partial charge on any atom is 0.220 e. The first-order chi connectivity index (χ1) is 7.79. The van der Waals surface area contributed by atoms with Crippen LogP contribution in [0.1, 0.15) is 38.5 Å². The van der Waals surface area contributed by atoms with Crippen LogP contribution in [0, 0.1) is 5.92 Å². The Hall–Kier alpha value is -0.280. The van der Waals surface area contributed by atoms with E-state index in [1.165, 1.54) is 12.8 Å². The zero-order chi connectivity index (χ0) is 11.4. The number of fused-ring (bicyclic) bond motifs is 4. The molecule has 2 aliphatic heterocycles. The van der Waals surface area contributed by atoms with Crippen LogP contribution in [0.25, 0.3) is 0 Å². The number of alkyl halides is 1. The molecule has 16 heavy (non-hydrogen) atoms. The number of carbonyl (C=O) groups is 1. The van der Waals surface area contributed by atoms with Crippen molar-refractivity contribution in [1.29, 1.82) is 0 Å². The third kappa shape index (κ3) is 3.11. The minimum absolute atomic E-state index is 0.125. The lowest BCUT2D eigenvalue weighted by atomic mass is 10.00. The van der Waals surface area contributed by atoms with Gasteiger partial charge in [0, 0.05) is 18.9 Å². The molecule has 0 aromatic rings. The number of amides is 1. The Kier molecular flexibility index (Phi) is 4.47. The van der Waals surface area contributed by atoms with E-state index >= 15 is 0 Å². The summed E-state index contributed by atoms with van der Waals surface area (Å²) in [5, 5.41) is 3.10. The van der Waals surface area contributed by atoms with E-state index in [4.69, 9.17) is 16.3 Å². The van der Waals surface area contributed by atoms with E-state index in [1.54, 1.807) is 0 Å². The lowest BCUT2D eigenvalue weighted by Crippen LogP contribution is -2.44. The highest BCUT2D eigenvalue weighted by Crippen LogP contribution is 2.31. The van der Waals surface area contributed by atoms with Gasteiger partial charge in [-0.1, -0.05) is 0 Å². The molecule has 3 unspecified atom stereocenters. The summed E-state index contributed by atoms with van der Waals surface area (Å²) in [6, 6.07) is 0.232. The molecule has 0 aromatic heterocycles. The summed E-state index contributed by atoms with van der Waals surface area (Å²) in [7, 11) is 0. The van der Waals surface area contributed by atoms with Crippen molar-refractivity contribution < 1.29 is 9.53 Å². The lowest BCUT2D eigenvalue weighted by Gasteiger charge is -2.28. The van der Waals surface area contributed by atoms with Gasteiger partial charge in [-0.2, -0.15) is 0 Å². The zero-order valence-electron chi connectivity index (χ0n) is 9.58. The molecular formula is C12H20ClNO2. The van der Waals surface area contributed by atoms with Crippen molar-refractivity contribution in [3.63, 3.8) is 0 Å². The summed E-state index contributed by atoms with van der Waals surface area (Å²) in [6.07, 6.45) is 6.17. The summed E-state index contributed by atoms with van der Waals surface area (Å²) in [6.45, 7) is 0.888. The van der Waals surface area contributed by atoms with E-state index in [0.717, 1.165) is 31.8 Å². The molecule has 3 aliphatic rings. The summed E-state index contributed by atoms with van der Waals surface area (Å²) >= 11 is 5.57. The molecule has 1 N–H and O–H groups in total. The normalized spacial score (nSPS) is 33.4. The Bertz CT molecular complexity index is 239. The highest BCUT2D eigenvalue weighted by molar-refractivity contribution is 6.17. The Labute approximate surface area is 102 Å². The number of hydrogen-bond acceptors (Lipinski definition) is 2. The van der Waals surface area contributed by atoms with Crippen LogP contribution < -0.4 is 5.32 Å². The van der Waals surface area contributed by atoms with Gasteiger partial charge in [0.1, 0.15) is 0 Å². The van der Waals surface area contributed by atoms with Gasteiger partial charge in [-0.05, 0) is 38.0 Å². The molecule has 3 atom stereocenters. The topological polar surface area (TPSA) is 38.3 Å². The van der Waals surface area contributed by atoms with Gasteiger partial charge in [-0.25, -0.2) is 0 Å². The van der Waals surface area contributed by atoms with E-state index in [2.05, 4.69) is 5.32 Å². The van der Waals surface area contributed by atoms with Crippen molar-refractivity contribution in [2.75, 3.05) is 12.5 Å². The second-order valence-corrected chi connectivity index (χ2v) is 5.24. The van der Waals surface area contributed by atoms with Crippen molar-refractivity contribution in [3.8, 4) is 0 Å². The van der Waals surface area contributed by atoms with Crippen LogP contribution in [-0.2, 0) is 9.53 Å². The number of hydrogen-bond donors (Lipinski definition) is 1. The fraction of sp³-hybridized carbons (Fsp3) is 0.917. The van der Waals surface area contributed by atoms with Gasteiger partial charge < -0.3 is 10.1 Å². The van der Waals surface area contributed by atoms with E-state index in [1.807, 2.05) is 0 Å². The fourth-order valence-electron chi connectivity index (χ4n) is 2.64. The predicted molar refractivity (Wildman–Crippen MR) is 63.6 cm³/mol. The molecule has 2 bridgehead atoms. The first-order valence-corrected chi connectivity index (χ1v) is 6.80. The number of halogens is 1. The Morgan fingerprint density at radius 3 is 2.81 bits per heavy atom. The van der Waals surface area contributed by atoms with Crippen LogP contribution in [0.15, 0.2) is 0 Å². The predicted octanol–water partition coefficient (Wildman–Crippen LogP) is 2.08. The average molecular weight is 246 g/mol. The molecule has 4 heteroatoms. The van der Waals surface area contributed by atoms with Crippen LogP contribution in [0.4, 0.5) is 0 Å². The van der Waals surface area contributed by atoms with E-state index in [9.17, 15) is 4.79 Å². The van der Waals surface area contributed by atoms with Crippen molar-refractivity contribution in [1.82, 2.24) is 5.32 Å². The van der Waals surface area contributed by atoms with Crippen LogP contribution >= 0.6 is 11.6 Å². The van der Waals surface area contributed by atoms with Crippen LogP contribution in [0.2, 0.25) is 0 Å². The van der Waals surface area contributed by atoms with E-state index in [0.29, 0.717) is 12.3 Å². The molecule has 3 rings (SSSR count). The van der Waals surface area contributed by atoms with E-state index < -0.39 is 0 Å². The lowest BCUT2D eigenvalue weighted by molar-refractivity contribution is -0.123. The van der Waals surface area contributed by atoms with Crippen molar-refractivity contribution in [2.24, 2.45) is 5.92 Å². The number of carbonyl (C=O) groups excluding carboxylic acids is 1. The molecule has 0 aromatic carbocycles. The molecule has 1 aliphatic carbocycles. The smallest absolute Gasteiger partial charge is 0.220 e. The van der Waals surface area contributed by atoms with Gasteiger partial charge >= 0.3 is 0 Å². The quantitative estimate of drug-likeness (QED) is 0.771. The fourth-order valence-corrected chi connectivity index (χ4v) is 2.78. The third-order valence-corrected chi connectivity index (χ3v) is 3.89. The van der Waals surface area contributed by atoms with Gasteiger partial charge in [-0.15, -0.1) is 11.6 Å². The minimum Gasteiger partial charge on any atom is -0.376 e. The number of nitrogens with one attached hydrogen (secondary N) is 1. The molecule has 3 nitrogen and oxygen atoms in total. The largest absolute Gasteiger partial charge is 0.376 e. The van der Waals surface area contributed by atoms with E-state index in [-0.39, 0.29) is 18.1 Å². The Morgan fingerprint density at radius 2 is 2.12 bits per heavy atom. The van der Waals surface area contributed by atoms with Gasteiger partial charge in [0.2, 0.25) is 5.91 Å². The zero-order valence-corrected chi connectivity index (χ0v) is 10.3. The van der Waals surface area contributed by atoms with Gasteiger partial charge in [0.15, 0.2) is 0 Å². The molecule has 0 radical (unpaired) electrons. The monoisotopic (exact) mass is 245 g/mol. The SMILES string of the molecule is O=C(CCCCl)NC1CCC2CCC1OC2. The molecule has 0 spiro atoms. The number of ether oxygens (including phenoxy) is 1. The molecule has 2 heterocycles. The standard InChI is InChI=1S/C12H20ClNO2/c13-7-1-2-12(15)14-10-5-3-9-4-6-11(10)16-8-9/h9-11H,1-8H2,(H,14,15). The first kappa shape index (κ1) is 12.2. The average Bonchev–Trinajstić information content (AvgIpc) is 2.61. The van der Waals surface area contributed by atoms with Gasteiger partial charge in [0.05, 0.1) is 12.1 Å². The highest BCUT2D eigenvalue weighted by atomic mass is 35.5. The van der Waals surface area contributed by atoms with Crippen LogP contribution in [-0.4, -0.2) is 30.5 Å². The molecular weight excluding hydrogens is 226 g/mol. The van der Waals surface area contributed by atoms with Gasteiger partial charge in [0.25, 0.3) is 0 Å². The van der Waals surface area contributed by atoms with Crippen LogP contribution in [0.3, 0.4) is 0 Å². The minimum atomic E-state index is 0.125. The van der Waals surface area contributed by atoms with Crippen molar-refractivity contribution >= 4 is 17.5 Å². The Balaban J connectivity index is 1.81. The summed E-state index contributed by atoms with van der Waals surface area (Å²) in [5.74, 6) is 1.40. The number of rotatable bonds is 4. The summed E-state index contributed by atoms with van der Waals surface area (Å²) < 4.78 is 5.78. The molecule has 1 saturated carbocycles. The highest BCUT2D eigenvalue weighted by Gasteiger charge is 2.33. The molecule has 3 fully saturated rings. The second-order valence-electron chi connectivity index (χ2n) is 4.86. The van der Waals surface area contributed by atoms with Gasteiger partial charge in [-0.3, -0.25) is 4.79 Å². The molecule has 92 valence electrons. The third-order valence-electron chi connectivity index (χ3n) is 3.62. The maximum absolute atomic E-state index is 11.6.